The summed E-state index contributed by atoms with van der Waals surface area (Å²) in [5, 5.41) is 0.609. The number of rotatable bonds is 2. The summed E-state index contributed by atoms with van der Waals surface area (Å²) in [5.74, 6) is 0.672. The van der Waals surface area contributed by atoms with Gasteiger partial charge in [-0.2, -0.15) is 0 Å². The summed E-state index contributed by atoms with van der Waals surface area (Å²) in [6, 6.07) is 11.6. The van der Waals surface area contributed by atoms with Crippen LogP contribution in [0, 0.1) is 6.92 Å². The summed E-state index contributed by atoms with van der Waals surface area (Å²) in [4.78, 5) is 0. The first-order valence-electron chi connectivity index (χ1n) is 5.32. The van der Waals surface area contributed by atoms with Crippen LogP contribution in [0.1, 0.15) is 5.56 Å². The lowest BCUT2D eigenvalue weighted by Crippen LogP contribution is -1.92. The molecular formula is C14H14ClNO. The maximum absolute atomic E-state index is 6.01. The van der Waals surface area contributed by atoms with Gasteiger partial charge in [-0.15, -0.1) is 0 Å². The van der Waals surface area contributed by atoms with Crippen LogP contribution in [0.5, 0.6) is 5.75 Å². The highest BCUT2D eigenvalue weighted by Gasteiger charge is 2.07. The fourth-order valence-electron chi connectivity index (χ4n) is 1.79. The van der Waals surface area contributed by atoms with Gasteiger partial charge in [0.05, 0.1) is 12.1 Å². The van der Waals surface area contributed by atoms with Crippen molar-refractivity contribution in [2.45, 2.75) is 6.92 Å². The van der Waals surface area contributed by atoms with E-state index in [-0.39, 0.29) is 0 Å². The van der Waals surface area contributed by atoms with E-state index >= 15 is 0 Å². The average molecular weight is 248 g/mol. The minimum absolute atomic E-state index is 0.609. The van der Waals surface area contributed by atoms with Crippen LogP contribution in [0.2, 0.25) is 5.02 Å². The number of anilines is 1. The zero-order chi connectivity index (χ0) is 12.4. The minimum Gasteiger partial charge on any atom is -0.495 e. The summed E-state index contributed by atoms with van der Waals surface area (Å²) >= 11 is 6.01. The Morgan fingerprint density at radius 3 is 2.65 bits per heavy atom. The third-order valence-electron chi connectivity index (χ3n) is 2.84. The van der Waals surface area contributed by atoms with E-state index < -0.39 is 0 Å². The molecule has 0 bridgehead atoms. The number of ether oxygens (including phenoxy) is 1. The van der Waals surface area contributed by atoms with Crippen molar-refractivity contribution in [2.75, 3.05) is 12.8 Å². The Hall–Kier alpha value is -1.67. The van der Waals surface area contributed by atoms with Gasteiger partial charge in [0.25, 0.3) is 0 Å². The molecule has 0 saturated heterocycles. The van der Waals surface area contributed by atoms with Crippen molar-refractivity contribution in [1.82, 2.24) is 0 Å². The molecule has 0 heterocycles. The van der Waals surface area contributed by atoms with E-state index in [9.17, 15) is 0 Å². The predicted molar refractivity (Wildman–Crippen MR) is 72.6 cm³/mol. The smallest absolute Gasteiger partial charge is 0.138 e. The number of halogens is 1. The Kier molecular flexibility index (Phi) is 3.25. The van der Waals surface area contributed by atoms with Crippen molar-refractivity contribution in [1.29, 1.82) is 0 Å². The largest absolute Gasteiger partial charge is 0.495 e. The number of hydrogen-bond acceptors (Lipinski definition) is 2. The zero-order valence-corrected chi connectivity index (χ0v) is 10.6. The molecule has 2 N–H and O–H groups in total. The summed E-state index contributed by atoms with van der Waals surface area (Å²) in [5.41, 5.74) is 9.91. The second-order valence-corrected chi connectivity index (χ2v) is 4.28. The zero-order valence-electron chi connectivity index (χ0n) is 9.83. The Bertz CT molecular complexity index is 552. The first-order chi connectivity index (χ1) is 8.13. The van der Waals surface area contributed by atoms with E-state index in [2.05, 4.69) is 0 Å². The van der Waals surface area contributed by atoms with Crippen LogP contribution in [0.3, 0.4) is 0 Å². The van der Waals surface area contributed by atoms with Crippen molar-refractivity contribution < 1.29 is 4.74 Å². The molecule has 0 saturated carbocycles. The Morgan fingerprint density at radius 2 is 1.94 bits per heavy atom. The summed E-state index contributed by atoms with van der Waals surface area (Å²) in [6.07, 6.45) is 0. The summed E-state index contributed by atoms with van der Waals surface area (Å²) in [7, 11) is 1.61. The van der Waals surface area contributed by atoms with Gasteiger partial charge in [-0.1, -0.05) is 29.8 Å². The normalized spacial score (nSPS) is 10.3. The lowest BCUT2D eigenvalue weighted by atomic mass is 9.99. The van der Waals surface area contributed by atoms with Crippen molar-refractivity contribution in [3.05, 3.63) is 47.0 Å². The number of nitrogen functional groups attached to an aromatic ring is 1. The van der Waals surface area contributed by atoms with E-state index in [1.54, 1.807) is 7.11 Å². The molecule has 0 aromatic heterocycles. The highest BCUT2D eigenvalue weighted by atomic mass is 35.5. The van der Waals surface area contributed by atoms with E-state index in [4.69, 9.17) is 22.1 Å². The second-order valence-electron chi connectivity index (χ2n) is 3.87. The monoisotopic (exact) mass is 247 g/mol. The lowest BCUT2D eigenvalue weighted by Gasteiger charge is -2.10. The minimum atomic E-state index is 0.609. The highest BCUT2D eigenvalue weighted by molar-refractivity contribution is 6.32. The first-order valence-corrected chi connectivity index (χ1v) is 5.70. The molecule has 88 valence electrons. The van der Waals surface area contributed by atoms with Crippen LogP contribution in [0.15, 0.2) is 36.4 Å². The average Bonchev–Trinajstić information content (AvgIpc) is 2.34. The third-order valence-corrected chi connectivity index (χ3v) is 3.15. The summed E-state index contributed by atoms with van der Waals surface area (Å²) in [6.45, 7) is 2.01. The van der Waals surface area contributed by atoms with Crippen LogP contribution in [0.25, 0.3) is 11.1 Å². The van der Waals surface area contributed by atoms with Crippen LogP contribution < -0.4 is 10.5 Å². The molecular weight excluding hydrogens is 234 g/mol. The van der Waals surface area contributed by atoms with E-state index in [1.807, 2.05) is 43.3 Å². The fourth-order valence-corrected chi connectivity index (χ4v) is 1.99. The van der Waals surface area contributed by atoms with Gasteiger partial charge in [0, 0.05) is 5.69 Å². The summed E-state index contributed by atoms with van der Waals surface area (Å²) < 4.78 is 5.21. The van der Waals surface area contributed by atoms with Gasteiger partial charge in [0.15, 0.2) is 0 Å². The van der Waals surface area contributed by atoms with Gasteiger partial charge in [-0.25, -0.2) is 0 Å². The number of methoxy groups -OCH3 is 1. The maximum Gasteiger partial charge on any atom is 0.138 e. The van der Waals surface area contributed by atoms with Gasteiger partial charge in [-0.3, -0.25) is 0 Å². The van der Waals surface area contributed by atoms with Crippen LogP contribution in [-0.4, -0.2) is 7.11 Å². The number of benzene rings is 2. The van der Waals surface area contributed by atoms with Crippen LogP contribution in [0.4, 0.5) is 5.69 Å². The molecule has 0 radical (unpaired) electrons. The molecule has 0 aliphatic heterocycles. The maximum atomic E-state index is 6.01. The first kappa shape index (κ1) is 11.8. The molecule has 0 atom stereocenters. The molecule has 2 aromatic carbocycles. The lowest BCUT2D eigenvalue weighted by molar-refractivity contribution is 0.415. The second kappa shape index (κ2) is 4.68. The van der Waals surface area contributed by atoms with E-state index in [1.165, 1.54) is 0 Å². The molecule has 0 amide bonds. The molecule has 2 nitrogen and oxygen atoms in total. The van der Waals surface area contributed by atoms with Gasteiger partial charge in [-0.05, 0) is 41.8 Å². The van der Waals surface area contributed by atoms with Crippen LogP contribution in [-0.2, 0) is 0 Å². The molecule has 0 spiro atoms. The quantitative estimate of drug-likeness (QED) is 0.817. The molecule has 3 heteroatoms. The fraction of sp³-hybridized carbons (Fsp3) is 0.143. The topological polar surface area (TPSA) is 35.2 Å². The van der Waals surface area contributed by atoms with Gasteiger partial charge in [0.2, 0.25) is 0 Å². The molecule has 2 aromatic rings. The molecule has 17 heavy (non-hydrogen) atoms. The Labute approximate surface area is 106 Å². The predicted octanol–water partition coefficient (Wildman–Crippen LogP) is 3.91. The Morgan fingerprint density at radius 1 is 1.18 bits per heavy atom. The highest BCUT2D eigenvalue weighted by Crippen LogP contribution is 2.33. The van der Waals surface area contributed by atoms with E-state index in [0.29, 0.717) is 10.8 Å². The molecule has 0 unspecified atom stereocenters. The molecule has 0 fully saturated rings. The van der Waals surface area contributed by atoms with Crippen molar-refractivity contribution >= 4 is 17.3 Å². The molecule has 0 aliphatic rings. The van der Waals surface area contributed by atoms with E-state index in [0.717, 1.165) is 22.4 Å². The van der Waals surface area contributed by atoms with Crippen molar-refractivity contribution in [2.24, 2.45) is 0 Å². The van der Waals surface area contributed by atoms with Crippen molar-refractivity contribution in [3.8, 4) is 16.9 Å². The van der Waals surface area contributed by atoms with Crippen molar-refractivity contribution in [3.63, 3.8) is 0 Å². The van der Waals surface area contributed by atoms with Crippen LogP contribution >= 0.6 is 11.6 Å². The number of hydrogen-bond donors (Lipinski definition) is 1. The Balaban J connectivity index is 2.57. The standard InChI is InChI=1S/C14H14ClNO/c1-9-11(4-3-5-13(9)16)10-6-7-12(15)14(8-10)17-2/h3-8H,16H2,1-2H3. The van der Waals surface area contributed by atoms with Gasteiger partial charge >= 0.3 is 0 Å². The van der Waals surface area contributed by atoms with Gasteiger partial charge < -0.3 is 10.5 Å². The molecule has 0 aliphatic carbocycles. The molecule has 2 rings (SSSR count). The number of nitrogens with two attached hydrogens (primary N) is 1. The third kappa shape index (κ3) is 2.22. The van der Waals surface area contributed by atoms with Gasteiger partial charge in [0.1, 0.15) is 5.75 Å². The SMILES string of the molecule is COc1cc(-c2cccc(N)c2C)ccc1Cl.